The van der Waals surface area contributed by atoms with Gasteiger partial charge in [0, 0.05) is 5.02 Å². The first-order valence-corrected chi connectivity index (χ1v) is 7.57. The fourth-order valence-electron chi connectivity index (χ4n) is 2.87. The molecule has 0 saturated heterocycles. The van der Waals surface area contributed by atoms with Crippen molar-refractivity contribution in [2.24, 2.45) is 5.92 Å². The summed E-state index contributed by atoms with van der Waals surface area (Å²) in [6.45, 7) is 1.33. The molecule has 2 unspecified atom stereocenters. The summed E-state index contributed by atoms with van der Waals surface area (Å²) < 4.78 is 0. The standard InChI is InChI=1S/C15H18ClN3O2/c16-10-2-4-12-13(6-10)18-14(19-15(12)21)8-17-7-9-1-3-11(20)5-9/h2,4,6,9,11,17,20H,1,3,5,7-8H2,(H,18,19,21). The highest BCUT2D eigenvalue weighted by atomic mass is 35.5. The zero-order valence-electron chi connectivity index (χ0n) is 11.6. The van der Waals surface area contributed by atoms with Crippen LogP contribution in [0.25, 0.3) is 10.9 Å². The van der Waals surface area contributed by atoms with E-state index in [1.54, 1.807) is 18.2 Å². The van der Waals surface area contributed by atoms with Crippen LogP contribution < -0.4 is 10.9 Å². The molecule has 2 aromatic rings. The number of benzene rings is 1. The van der Waals surface area contributed by atoms with E-state index in [0.29, 0.717) is 34.2 Å². The molecule has 5 nitrogen and oxygen atoms in total. The smallest absolute Gasteiger partial charge is 0.258 e. The molecule has 0 amide bonds. The van der Waals surface area contributed by atoms with Crippen LogP contribution in [0, 0.1) is 5.92 Å². The lowest BCUT2D eigenvalue weighted by Crippen LogP contribution is -2.24. The maximum absolute atomic E-state index is 12.0. The van der Waals surface area contributed by atoms with Crippen molar-refractivity contribution in [1.82, 2.24) is 15.3 Å². The monoisotopic (exact) mass is 307 g/mol. The lowest BCUT2D eigenvalue weighted by atomic mass is 10.1. The van der Waals surface area contributed by atoms with Crippen LogP contribution in [0.3, 0.4) is 0 Å². The number of hydrogen-bond acceptors (Lipinski definition) is 4. The van der Waals surface area contributed by atoms with Crippen molar-refractivity contribution in [3.8, 4) is 0 Å². The topological polar surface area (TPSA) is 78.0 Å². The summed E-state index contributed by atoms with van der Waals surface area (Å²) in [5.41, 5.74) is 0.462. The van der Waals surface area contributed by atoms with E-state index in [0.717, 1.165) is 25.8 Å². The van der Waals surface area contributed by atoms with Crippen LogP contribution in [-0.4, -0.2) is 27.7 Å². The van der Waals surface area contributed by atoms with Gasteiger partial charge in [-0.15, -0.1) is 0 Å². The van der Waals surface area contributed by atoms with Crippen molar-refractivity contribution in [2.45, 2.75) is 31.9 Å². The van der Waals surface area contributed by atoms with Gasteiger partial charge in [-0.25, -0.2) is 4.98 Å². The van der Waals surface area contributed by atoms with Gasteiger partial charge >= 0.3 is 0 Å². The maximum Gasteiger partial charge on any atom is 0.258 e. The molecule has 1 fully saturated rings. The van der Waals surface area contributed by atoms with Crippen LogP contribution in [-0.2, 0) is 6.54 Å². The van der Waals surface area contributed by atoms with Gasteiger partial charge in [-0.3, -0.25) is 4.79 Å². The zero-order chi connectivity index (χ0) is 14.8. The Hall–Kier alpha value is -1.43. The Morgan fingerprint density at radius 2 is 2.29 bits per heavy atom. The minimum Gasteiger partial charge on any atom is -0.393 e. The first-order chi connectivity index (χ1) is 10.1. The summed E-state index contributed by atoms with van der Waals surface area (Å²) in [5.74, 6) is 1.11. The van der Waals surface area contributed by atoms with Crippen LogP contribution in [0.4, 0.5) is 0 Å². The van der Waals surface area contributed by atoms with Gasteiger partial charge in [-0.05, 0) is 49.9 Å². The fraction of sp³-hybridized carbons (Fsp3) is 0.467. The third-order valence-electron chi connectivity index (χ3n) is 3.96. The highest BCUT2D eigenvalue weighted by Gasteiger charge is 2.22. The molecule has 1 aliphatic carbocycles. The molecule has 6 heteroatoms. The number of fused-ring (bicyclic) bond motifs is 1. The molecule has 0 bridgehead atoms. The molecule has 1 saturated carbocycles. The second kappa shape index (κ2) is 6.13. The molecule has 0 radical (unpaired) electrons. The van der Waals surface area contributed by atoms with Crippen molar-refractivity contribution >= 4 is 22.5 Å². The number of nitrogens with zero attached hydrogens (tertiary/aromatic N) is 1. The minimum atomic E-state index is -0.155. The average Bonchev–Trinajstić information content (AvgIpc) is 2.84. The maximum atomic E-state index is 12.0. The Bertz CT molecular complexity index is 701. The quantitative estimate of drug-likeness (QED) is 0.805. The van der Waals surface area contributed by atoms with Crippen LogP contribution in [0.5, 0.6) is 0 Å². The fourth-order valence-corrected chi connectivity index (χ4v) is 3.04. The SMILES string of the molecule is O=c1[nH]c(CNCC2CCC(O)C2)nc2cc(Cl)ccc12. The number of nitrogens with one attached hydrogen (secondary N) is 2. The molecule has 0 spiro atoms. The highest BCUT2D eigenvalue weighted by Crippen LogP contribution is 2.24. The molecule has 3 rings (SSSR count). The van der Waals surface area contributed by atoms with Crippen molar-refractivity contribution in [1.29, 1.82) is 0 Å². The summed E-state index contributed by atoms with van der Waals surface area (Å²) in [4.78, 5) is 19.2. The van der Waals surface area contributed by atoms with E-state index in [9.17, 15) is 9.90 Å². The molecular formula is C15H18ClN3O2. The Balaban J connectivity index is 1.68. The number of H-pyrrole nitrogens is 1. The van der Waals surface area contributed by atoms with E-state index < -0.39 is 0 Å². The van der Waals surface area contributed by atoms with E-state index in [-0.39, 0.29) is 11.7 Å². The second-order valence-corrected chi connectivity index (χ2v) is 6.07. The number of aliphatic hydroxyl groups excluding tert-OH is 1. The van der Waals surface area contributed by atoms with Gasteiger partial charge in [0.25, 0.3) is 5.56 Å². The third-order valence-corrected chi connectivity index (χ3v) is 4.19. The van der Waals surface area contributed by atoms with E-state index in [2.05, 4.69) is 15.3 Å². The molecule has 1 aromatic carbocycles. The van der Waals surface area contributed by atoms with E-state index in [4.69, 9.17) is 11.6 Å². The highest BCUT2D eigenvalue weighted by molar-refractivity contribution is 6.31. The molecule has 1 aliphatic rings. The zero-order valence-corrected chi connectivity index (χ0v) is 12.4. The minimum absolute atomic E-state index is 0.148. The Labute approximate surface area is 127 Å². The first-order valence-electron chi connectivity index (χ1n) is 7.19. The number of halogens is 1. The number of aromatic amines is 1. The largest absolute Gasteiger partial charge is 0.393 e. The molecule has 1 heterocycles. The molecular weight excluding hydrogens is 290 g/mol. The Morgan fingerprint density at radius 3 is 3.05 bits per heavy atom. The van der Waals surface area contributed by atoms with Crippen LogP contribution >= 0.6 is 11.6 Å². The lowest BCUT2D eigenvalue weighted by molar-refractivity contribution is 0.177. The molecule has 112 valence electrons. The lowest BCUT2D eigenvalue weighted by Gasteiger charge is -2.10. The van der Waals surface area contributed by atoms with Gasteiger partial charge in [-0.2, -0.15) is 0 Å². The van der Waals surface area contributed by atoms with Gasteiger partial charge in [0.15, 0.2) is 0 Å². The van der Waals surface area contributed by atoms with Crippen LogP contribution in [0.1, 0.15) is 25.1 Å². The van der Waals surface area contributed by atoms with E-state index >= 15 is 0 Å². The molecule has 0 aliphatic heterocycles. The molecule has 2 atom stereocenters. The predicted molar refractivity (Wildman–Crippen MR) is 82.4 cm³/mol. The first kappa shape index (κ1) is 14.5. The predicted octanol–water partition coefficient (Wildman–Crippen LogP) is 1.83. The summed E-state index contributed by atoms with van der Waals surface area (Å²) in [6.07, 6.45) is 2.63. The van der Waals surface area contributed by atoms with Gasteiger partial charge < -0.3 is 15.4 Å². The van der Waals surface area contributed by atoms with E-state index in [1.807, 2.05) is 0 Å². The van der Waals surface area contributed by atoms with E-state index in [1.165, 1.54) is 0 Å². The summed E-state index contributed by atoms with van der Waals surface area (Å²) >= 11 is 5.94. The van der Waals surface area contributed by atoms with Crippen molar-refractivity contribution < 1.29 is 5.11 Å². The molecule has 21 heavy (non-hydrogen) atoms. The Kier molecular flexibility index (Phi) is 4.24. The second-order valence-electron chi connectivity index (χ2n) is 5.64. The van der Waals surface area contributed by atoms with Crippen molar-refractivity contribution in [3.63, 3.8) is 0 Å². The molecule has 3 N–H and O–H groups in total. The average molecular weight is 308 g/mol. The number of hydrogen-bond donors (Lipinski definition) is 3. The third kappa shape index (κ3) is 3.43. The Morgan fingerprint density at radius 1 is 1.43 bits per heavy atom. The summed E-state index contributed by atoms with van der Waals surface area (Å²) in [5, 5.41) is 13.9. The normalized spacial score (nSPS) is 22.0. The van der Waals surface area contributed by atoms with Gasteiger partial charge in [0.2, 0.25) is 0 Å². The van der Waals surface area contributed by atoms with Crippen molar-refractivity contribution in [3.05, 3.63) is 39.4 Å². The van der Waals surface area contributed by atoms with Crippen molar-refractivity contribution in [2.75, 3.05) is 6.54 Å². The summed E-state index contributed by atoms with van der Waals surface area (Å²) in [7, 11) is 0. The number of aliphatic hydroxyl groups is 1. The summed E-state index contributed by atoms with van der Waals surface area (Å²) in [6, 6.07) is 5.06. The molecule has 1 aromatic heterocycles. The van der Waals surface area contributed by atoms with Crippen LogP contribution in [0.2, 0.25) is 5.02 Å². The van der Waals surface area contributed by atoms with Crippen LogP contribution in [0.15, 0.2) is 23.0 Å². The van der Waals surface area contributed by atoms with Gasteiger partial charge in [0.1, 0.15) is 5.82 Å². The van der Waals surface area contributed by atoms with Gasteiger partial charge in [0.05, 0.1) is 23.6 Å². The van der Waals surface area contributed by atoms with Gasteiger partial charge in [-0.1, -0.05) is 11.6 Å². The number of aromatic nitrogens is 2. The number of rotatable bonds is 4.